The van der Waals surface area contributed by atoms with Crippen molar-refractivity contribution in [2.45, 2.75) is 0 Å². The summed E-state index contributed by atoms with van der Waals surface area (Å²) < 4.78 is 4.95. The van der Waals surface area contributed by atoms with Gasteiger partial charge in [0.05, 0.1) is 12.4 Å². The molecule has 1 aromatic rings. The van der Waals surface area contributed by atoms with Crippen LogP contribution in [-0.2, 0) is 0 Å². The minimum Gasteiger partial charge on any atom is -0.458 e. The Hall–Kier alpha value is -1.45. The molecular formula is C6H7N3O. The second-order valence-electron chi connectivity index (χ2n) is 1.52. The van der Waals surface area contributed by atoms with Crippen molar-refractivity contribution in [2.75, 3.05) is 6.61 Å². The van der Waals surface area contributed by atoms with Gasteiger partial charge in [-0.05, 0) is 0 Å². The average molecular weight is 137 g/mol. The van der Waals surface area contributed by atoms with Crippen LogP contribution in [0.15, 0.2) is 25.0 Å². The maximum absolute atomic E-state index is 4.95. The molecule has 0 atom stereocenters. The molecule has 10 heavy (non-hydrogen) atoms. The van der Waals surface area contributed by atoms with Crippen LogP contribution in [0.1, 0.15) is 0 Å². The number of hydrogen-bond donors (Lipinski definition) is 0. The monoisotopic (exact) mass is 137 g/mol. The quantitative estimate of drug-likeness (QED) is 0.567. The molecule has 0 spiro atoms. The van der Waals surface area contributed by atoms with Gasteiger partial charge in [-0.2, -0.15) is 5.10 Å². The molecule has 0 aromatic carbocycles. The summed E-state index contributed by atoms with van der Waals surface area (Å²) in [4.78, 5) is 3.77. The Morgan fingerprint density at radius 1 is 1.60 bits per heavy atom. The molecule has 0 aliphatic carbocycles. The Bertz CT molecular complexity index is 199. The molecule has 0 bridgehead atoms. The van der Waals surface area contributed by atoms with Gasteiger partial charge in [0.25, 0.3) is 0 Å². The van der Waals surface area contributed by atoms with Gasteiger partial charge < -0.3 is 4.74 Å². The third-order valence-electron chi connectivity index (χ3n) is 0.792. The van der Waals surface area contributed by atoms with Crippen molar-refractivity contribution in [3.05, 3.63) is 25.0 Å². The van der Waals surface area contributed by atoms with Crippen LogP contribution in [0, 0.1) is 0 Å². The maximum atomic E-state index is 4.95. The van der Waals surface area contributed by atoms with Crippen molar-refractivity contribution in [1.82, 2.24) is 15.2 Å². The van der Waals surface area contributed by atoms with E-state index in [2.05, 4.69) is 21.8 Å². The van der Waals surface area contributed by atoms with E-state index >= 15 is 0 Å². The number of nitrogens with zero attached hydrogens (tertiary/aromatic N) is 3. The van der Waals surface area contributed by atoms with Gasteiger partial charge in [0, 0.05) is 0 Å². The summed E-state index contributed by atoms with van der Waals surface area (Å²) in [5, 5.41) is 7.15. The molecule has 0 unspecified atom stereocenters. The van der Waals surface area contributed by atoms with E-state index in [9.17, 15) is 0 Å². The van der Waals surface area contributed by atoms with E-state index in [1.807, 2.05) is 0 Å². The largest absolute Gasteiger partial charge is 0.458 e. The van der Waals surface area contributed by atoms with Crippen LogP contribution in [0.5, 0.6) is 6.01 Å². The number of rotatable bonds is 3. The standard InChI is InChI=1S/C6H7N3O/c1-2-5-10-6-7-3-4-8-9-6/h2-4H,1,5H2. The molecule has 4 heteroatoms. The van der Waals surface area contributed by atoms with Gasteiger partial charge in [0.15, 0.2) is 0 Å². The van der Waals surface area contributed by atoms with E-state index in [-0.39, 0.29) is 6.01 Å². The highest BCUT2D eigenvalue weighted by Crippen LogP contribution is 1.93. The first kappa shape index (κ1) is 6.67. The zero-order valence-electron chi connectivity index (χ0n) is 5.40. The number of ether oxygens (including phenoxy) is 1. The Morgan fingerprint density at radius 3 is 3.10 bits per heavy atom. The van der Waals surface area contributed by atoms with Crippen molar-refractivity contribution < 1.29 is 4.74 Å². The van der Waals surface area contributed by atoms with Crippen LogP contribution in [0.25, 0.3) is 0 Å². The van der Waals surface area contributed by atoms with Crippen LogP contribution >= 0.6 is 0 Å². The lowest BCUT2D eigenvalue weighted by atomic mass is 10.7. The molecule has 0 fully saturated rings. The minimum absolute atomic E-state index is 0.280. The Morgan fingerprint density at radius 2 is 2.50 bits per heavy atom. The highest BCUT2D eigenvalue weighted by molar-refractivity contribution is 4.88. The lowest BCUT2D eigenvalue weighted by Crippen LogP contribution is -1.98. The zero-order valence-corrected chi connectivity index (χ0v) is 5.40. The van der Waals surface area contributed by atoms with E-state index < -0.39 is 0 Å². The Balaban J connectivity index is 2.50. The fourth-order valence-corrected chi connectivity index (χ4v) is 0.435. The van der Waals surface area contributed by atoms with E-state index in [1.165, 1.54) is 12.4 Å². The number of aromatic nitrogens is 3. The molecule has 0 aliphatic rings. The van der Waals surface area contributed by atoms with Gasteiger partial charge >= 0.3 is 6.01 Å². The summed E-state index contributed by atoms with van der Waals surface area (Å²) >= 11 is 0. The maximum Gasteiger partial charge on any atom is 0.335 e. The molecule has 4 nitrogen and oxygen atoms in total. The van der Waals surface area contributed by atoms with Crippen molar-refractivity contribution in [1.29, 1.82) is 0 Å². The van der Waals surface area contributed by atoms with Crippen LogP contribution in [0.3, 0.4) is 0 Å². The zero-order chi connectivity index (χ0) is 7.23. The molecule has 0 amide bonds. The summed E-state index contributed by atoms with van der Waals surface area (Å²) in [5.74, 6) is 0. The van der Waals surface area contributed by atoms with E-state index in [0.717, 1.165) is 0 Å². The van der Waals surface area contributed by atoms with Crippen LogP contribution in [0.4, 0.5) is 0 Å². The molecule has 52 valence electrons. The van der Waals surface area contributed by atoms with Crippen molar-refractivity contribution >= 4 is 0 Å². The first-order valence-corrected chi connectivity index (χ1v) is 2.81. The smallest absolute Gasteiger partial charge is 0.335 e. The molecule has 0 radical (unpaired) electrons. The van der Waals surface area contributed by atoms with Crippen molar-refractivity contribution in [2.24, 2.45) is 0 Å². The normalized spacial score (nSPS) is 8.80. The minimum atomic E-state index is 0.280. The van der Waals surface area contributed by atoms with Gasteiger partial charge in [-0.3, -0.25) is 0 Å². The summed E-state index contributed by atoms with van der Waals surface area (Å²) in [6, 6.07) is 0.280. The third-order valence-corrected chi connectivity index (χ3v) is 0.792. The van der Waals surface area contributed by atoms with Gasteiger partial charge in [0.1, 0.15) is 6.61 Å². The molecule has 0 saturated heterocycles. The summed E-state index contributed by atoms with van der Waals surface area (Å²) in [7, 11) is 0. The van der Waals surface area contributed by atoms with Gasteiger partial charge in [-0.1, -0.05) is 17.8 Å². The molecule has 0 saturated carbocycles. The second kappa shape index (κ2) is 3.55. The highest BCUT2D eigenvalue weighted by Gasteiger charge is 1.90. The topological polar surface area (TPSA) is 47.9 Å². The van der Waals surface area contributed by atoms with Crippen molar-refractivity contribution in [3.63, 3.8) is 0 Å². The molecular weight excluding hydrogens is 130 g/mol. The molecule has 1 heterocycles. The predicted molar refractivity (Wildman–Crippen MR) is 35.5 cm³/mol. The van der Waals surface area contributed by atoms with Gasteiger partial charge in [-0.15, -0.1) is 0 Å². The number of hydrogen-bond acceptors (Lipinski definition) is 4. The summed E-state index contributed by atoms with van der Waals surface area (Å²) in [6.07, 6.45) is 4.63. The van der Waals surface area contributed by atoms with Crippen LogP contribution in [0.2, 0.25) is 0 Å². The molecule has 1 aromatic heterocycles. The first-order chi connectivity index (χ1) is 4.93. The predicted octanol–water partition coefficient (Wildman–Crippen LogP) is 0.436. The summed E-state index contributed by atoms with van der Waals surface area (Å²) in [6.45, 7) is 3.88. The van der Waals surface area contributed by atoms with Crippen LogP contribution in [-0.4, -0.2) is 21.8 Å². The SMILES string of the molecule is C=CCOc1nccnn1. The third kappa shape index (κ3) is 1.81. The Labute approximate surface area is 58.6 Å². The highest BCUT2D eigenvalue weighted by atomic mass is 16.5. The fourth-order valence-electron chi connectivity index (χ4n) is 0.435. The van der Waals surface area contributed by atoms with E-state index in [1.54, 1.807) is 6.08 Å². The first-order valence-electron chi connectivity index (χ1n) is 2.81. The molecule has 0 aliphatic heterocycles. The fraction of sp³-hybridized carbons (Fsp3) is 0.167. The lowest BCUT2D eigenvalue weighted by molar-refractivity contribution is 0.328. The lowest BCUT2D eigenvalue weighted by Gasteiger charge is -1.95. The molecule has 1 rings (SSSR count). The van der Waals surface area contributed by atoms with Crippen molar-refractivity contribution in [3.8, 4) is 6.01 Å². The average Bonchev–Trinajstić information content (AvgIpc) is 2.03. The Kier molecular flexibility index (Phi) is 2.37. The summed E-state index contributed by atoms with van der Waals surface area (Å²) in [5.41, 5.74) is 0. The van der Waals surface area contributed by atoms with Gasteiger partial charge in [-0.25, -0.2) is 4.98 Å². The van der Waals surface area contributed by atoms with Gasteiger partial charge in [0.2, 0.25) is 0 Å². The second-order valence-corrected chi connectivity index (χ2v) is 1.52. The van der Waals surface area contributed by atoms with E-state index in [0.29, 0.717) is 6.61 Å². The molecule has 0 N–H and O–H groups in total. The van der Waals surface area contributed by atoms with E-state index in [4.69, 9.17) is 4.74 Å². The van der Waals surface area contributed by atoms with Crippen LogP contribution < -0.4 is 4.74 Å².